The topological polar surface area (TPSA) is 22.1 Å². The summed E-state index contributed by atoms with van der Waals surface area (Å²) in [7, 11) is 1.34. The van der Waals surface area contributed by atoms with E-state index in [1.54, 1.807) is 22.6 Å². The molecule has 1 rings (SSSR count). The molecule has 0 saturated carbocycles. The van der Waals surface area contributed by atoms with Crippen LogP contribution in [0.3, 0.4) is 0 Å². The molecule has 0 radical (unpaired) electrons. The summed E-state index contributed by atoms with van der Waals surface area (Å²) in [6.07, 6.45) is -2.59. The first kappa shape index (κ1) is 11.9. The second kappa shape index (κ2) is 5.06. The van der Waals surface area contributed by atoms with Gasteiger partial charge in [-0.2, -0.15) is 0 Å². The molecule has 0 bridgehead atoms. The smallest absolute Gasteiger partial charge is 0.269 e. The summed E-state index contributed by atoms with van der Waals surface area (Å²) in [6.45, 7) is 0. The van der Waals surface area contributed by atoms with Gasteiger partial charge in [-0.25, -0.2) is 13.8 Å². The van der Waals surface area contributed by atoms with Crippen molar-refractivity contribution in [3.63, 3.8) is 0 Å². The first-order valence-electron chi connectivity index (χ1n) is 3.67. The van der Waals surface area contributed by atoms with Gasteiger partial charge in [0.05, 0.1) is 24.2 Å². The predicted molar refractivity (Wildman–Crippen MR) is 58.0 cm³/mol. The fraction of sp³-hybridized carbons (Fsp3) is 0.375. The third kappa shape index (κ3) is 2.44. The summed E-state index contributed by atoms with van der Waals surface area (Å²) in [5, 5.41) is 0. The van der Waals surface area contributed by atoms with E-state index in [-0.39, 0.29) is 20.9 Å². The molecule has 0 unspecified atom stereocenters. The SMILES string of the molecule is COc1cc(CCl)nc(I)c1C(F)F. The number of halogens is 4. The molecular formula is C8H7ClF2INO. The highest BCUT2D eigenvalue weighted by Gasteiger charge is 2.19. The van der Waals surface area contributed by atoms with E-state index in [0.717, 1.165) is 0 Å². The number of pyridine rings is 1. The molecule has 0 aliphatic carbocycles. The zero-order valence-corrected chi connectivity index (χ0v) is 10.1. The van der Waals surface area contributed by atoms with E-state index >= 15 is 0 Å². The summed E-state index contributed by atoms with van der Waals surface area (Å²) in [5.41, 5.74) is 0.347. The van der Waals surface area contributed by atoms with Crippen molar-refractivity contribution < 1.29 is 13.5 Å². The van der Waals surface area contributed by atoms with Crippen molar-refractivity contribution in [2.24, 2.45) is 0 Å². The van der Waals surface area contributed by atoms with Crippen LogP contribution in [0.15, 0.2) is 6.07 Å². The highest BCUT2D eigenvalue weighted by molar-refractivity contribution is 14.1. The lowest BCUT2D eigenvalue weighted by Crippen LogP contribution is -2.01. The predicted octanol–water partition coefficient (Wildman–Crippen LogP) is 3.37. The lowest BCUT2D eigenvalue weighted by atomic mass is 10.2. The van der Waals surface area contributed by atoms with Crippen molar-refractivity contribution in [2.45, 2.75) is 12.3 Å². The van der Waals surface area contributed by atoms with E-state index in [4.69, 9.17) is 16.3 Å². The molecule has 6 heteroatoms. The summed E-state index contributed by atoms with van der Waals surface area (Å²) >= 11 is 7.29. The van der Waals surface area contributed by atoms with Crippen molar-refractivity contribution in [1.29, 1.82) is 0 Å². The van der Waals surface area contributed by atoms with Crippen molar-refractivity contribution in [1.82, 2.24) is 4.98 Å². The molecule has 0 N–H and O–H groups in total. The molecule has 0 amide bonds. The molecule has 14 heavy (non-hydrogen) atoms. The number of ether oxygens (including phenoxy) is 1. The maximum absolute atomic E-state index is 12.6. The Balaban J connectivity index is 3.27. The van der Waals surface area contributed by atoms with Crippen LogP contribution >= 0.6 is 34.2 Å². The monoisotopic (exact) mass is 333 g/mol. The molecular weight excluding hydrogens is 326 g/mol. The lowest BCUT2D eigenvalue weighted by molar-refractivity contribution is 0.145. The van der Waals surface area contributed by atoms with Gasteiger partial charge in [0, 0.05) is 6.07 Å². The highest BCUT2D eigenvalue weighted by atomic mass is 127. The van der Waals surface area contributed by atoms with E-state index in [0.29, 0.717) is 5.69 Å². The molecule has 78 valence electrons. The third-order valence-corrected chi connectivity index (χ3v) is 2.70. The van der Waals surface area contributed by atoms with Gasteiger partial charge in [-0.3, -0.25) is 0 Å². The van der Waals surface area contributed by atoms with Gasteiger partial charge in [0.25, 0.3) is 6.43 Å². The zero-order valence-electron chi connectivity index (χ0n) is 7.23. The van der Waals surface area contributed by atoms with Gasteiger partial charge in [0.2, 0.25) is 0 Å². The second-order valence-electron chi connectivity index (χ2n) is 2.45. The Bertz CT molecular complexity index is 335. The van der Waals surface area contributed by atoms with Crippen LogP contribution < -0.4 is 4.74 Å². The first-order valence-corrected chi connectivity index (χ1v) is 5.29. The minimum atomic E-state index is -2.59. The molecule has 0 fully saturated rings. The van der Waals surface area contributed by atoms with Gasteiger partial charge in [-0.05, 0) is 22.6 Å². The number of hydrogen-bond donors (Lipinski definition) is 0. The molecule has 0 aromatic carbocycles. The first-order chi connectivity index (χ1) is 6.60. The van der Waals surface area contributed by atoms with E-state index in [1.165, 1.54) is 13.2 Å². The molecule has 0 saturated heterocycles. The van der Waals surface area contributed by atoms with Crippen molar-refractivity contribution in [3.05, 3.63) is 21.0 Å². The molecule has 1 aromatic rings. The molecule has 2 nitrogen and oxygen atoms in total. The van der Waals surface area contributed by atoms with Gasteiger partial charge < -0.3 is 4.74 Å². The Labute approximate surface area is 98.8 Å². The number of alkyl halides is 3. The normalized spacial score (nSPS) is 10.7. The molecule has 0 aliphatic heterocycles. The van der Waals surface area contributed by atoms with Gasteiger partial charge in [0.1, 0.15) is 9.45 Å². The second-order valence-corrected chi connectivity index (χ2v) is 3.74. The van der Waals surface area contributed by atoms with Crippen LogP contribution in [-0.2, 0) is 5.88 Å². The van der Waals surface area contributed by atoms with Crippen molar-refractivity contribution in [2.75, 3.05) is 7.11 Å². The maximum atomic E-state index is 12.6. The number of hydrogen-bond acceptors (Lipinski definition) is 2. The Morgan fingerprint density at radius 1 is 1.64 bits per heavy atom. The molecule has 1 heterocycles. The van der Waals surface area contributed by atoms with Crippen LogP contribution in [0.25, 0.3) is 0 Å². The summed E-state index contributed by atoms with van der Waals surface area (Å²) in [4.78, 5) is 3.92. The summed E-state index contributed by atoms with van der Waals surface area (Å²) in [5.74, 6) is 0.311. The fourth-order valence-corrected chi connectivity index (χ4v) is 1.93. The van der Waals surface area contributed by atoms with Crippen LogP contribution in [0, 0.1) is 3.70 Å². The lowest BCUT2D eigenvalue weighted by Gasteiger charge is -2.10. The largest absolute Gasteiger partial charge is 0.496 e. The van der Waals surface area contributed by atoms with Crippen molar-refractivity contribution in [3.8, 4) is 5.75 Å². The molecule has 0 spiro atoms. The highest BCUT2D eigenvalue weighted by Crippen LogP contribution is 2.32. The number of nitrogens with zero attached hydrogens (tertiary/aromatic N) is 1. The summed E-state index contributed by atoms with van der Waals surface area (Å²) < 4.78 is 30.2. The zero-order chi connectivity index (χ0) is 10.7. The van der Waals surface area contributed by atoms with Crippen LogP contribution in [0.2, 0.25) is 0 Å². The minimum Gasteiger partial charge on any atom is -0.496 e. The number of methoxy groups -OCH3 is 1. The summed E-state index contributed by atoms with van der Waals surface area (Å²) in [6, 6.07) is 1.43. The number of rotatable bonds is 3. The minimum absolute atomic E-state index is 0.134. The van der Waals surface area contributed by atoms with Gasteiger partial charge in [-0.1, -0.05) is 0 Å². The van der Waals surface area contributed by atoms with E-state index < -0.39 is 6.43 Å². The van der Waals surface area contributed by atoms with Crippen LogP contribution in [0.1, 0.15) is 17.7 Å². The standard InChI is InChI=1S/C8H7ClF2INO/c1-14-5-2-4(3-9)13-8(12)6(5)7(10)11/h2,7H,3H2,1H3. The van der Waals surface area contributed by atoms with Crippen LogP contribution in [0.4, 0.5) is 8.78 Å². The molecule has 0 atom stereocenters. The Morgan fingerprint density at radius 2 is 2.29 bits per heavy atom. The van der Waals surface area contributed by atoms with E-state index in [1.807, 2.05) is 0 Å². The molecule has 0 aliphatic rings. The van der Waals surface area contributed by atoms with E-state index in [9.17, 15) is 8.78 Å². The average Bonchev–Trinajstić information content (AvgIpc) is 2.15. The quantitative estimate of drug-likeness (QED) is 0.481. The van der Waals surface area contributed by atoms with E-state index in [2.05, 4.69) is 4.98 Å². The maximum Gasteiger partial charge on any atom is 0.269 e. The average molecular weight is 334 g/mol. The van der Waals surface area contributed by atoms with Gasteiger partial charge in [0.15, 0.2) is 0 Å². The van der Waals surface area contributed by atoms with Crippen LogP contribution in [-0.4, -0.2) is 12.1 Å². The third-order valence-electron chi connectivity index (χ3n) is 1.60. The Morgan fingerprint density at radius 3 is 2.71 bits per heavy atom. The fourth-order valence-electron chi connectivity index (χ4n) is 0.984. The van der Waals surface area contributed by atoms with Gasteiger partial charge >= 0.3 is 0 Å². The Kier molecular flexibility index (Phi) is 4.31. The van der Waals surface area contributed by atoms with Gasteiger partial charge in [-0.15, -0.1) is 11.6 Å². The van der Waals surface area contributed by atoms with Crippen molar-refractivity contribution >= 4 is 34.2 Å². The van der Waals surface area contributed by atoms with Crippen LogP contribution in [0.5, 0.6) is 5.75 Å². The molecule has 1 aromatic heterocycles. The Hall–Kier alpha value is -0.170. The number of aromatic nitrogens is 1.